The van der Waals surface area contributed by atoms with Crippen LogP contribution in [0, 0.1) is 5.92 Å². The van der Waals surface area contributed by atoms with Crippen LogP contribution in [0.4, 0.5) is 0 Å². The van der Waals surface area contributed by atoms with Gasteiger partial charge < -0.3 is 9.64 Å². The average Bonchev–Trinajstić information content (AvgIpc) is 2.14. The fourth-order valence-electron chi connectivity index (χ4n) is 0.923. The Morgan fingerprint density at radius 1 is 1.46 bits per heavy atom. The van der Waals surface area contributed by atoms with Gasteiger partial charge in [-0.25, -0.2) is 4.79 Å². The van der Waals surface area contributed by atoms with Crippen molar-refractivity contribution in [2.75, 3.05) is 20.7 Å². The Balaban J connectivity index is 4.03. The van der Waals surface area contributed by atoms with Gasteiger partial charge in [0.15, 0.2) is 0 Å². The molecule has 0 rings (SSSR count). The summed E-state index contributed by atoms with van der Waals surface area (Å²) in [4.78, 5) is 23.4. The molecular formula is C9H17NO3. The zero-order valence-electron chi connectivity index (χ0n) is 8.66. The van der Waals surface area contributed by atoms with Gasteiger partial charge in [-0.15, -0.1) is 0 Å². The number of carbonyl (C=O) groups excluding carboxylic acids is 2. The first kappa shape index (κ1) is 11.9. The standard InChI is InChI=1S/C9H17NO3/c1-5-7(2)6-10(3)8(11)9(12)13-4/h7H,5-6H2,1-4H3. The van der Waals surface area contributed by atoms with Gasteiger partial charge in [0.2, 0.25) is 0 Å². The molecule has 0 saturated carbocycles. The smallest absolute Gasteiger partial charge is 0.396 e. The van der Waals surface area contributed by atoms with E-state index in [0.29, 0.717) is 12.5 Å². The summed E-state index contributed by atoms with van der Waals surface area (Å²) in [6, 6.07) is 0. The molecule has 0 aliphatic rings. The Morgan fingerprint density at radius 3 is 2.38 bits per heavy atom. The summed E-state index contributed by atoms with van der Waals surface area (Å²) in [5.41, 5.74) is 0. The summed E-state index contributed by atoms with van der Waals surface area (Å²) in [5, 5.41) is 0. The topological polar surface area (TPSA) is 46.6 Å². The van der Waals surface area contributed by atoms with Crippen molar-refractivity contribution in [3.63, 3.8) is 0 Å². The van der Waals surface area contributed by atoms with E-state index in [9.17, 15) is 9.59 Å². The van der Waals surface area contributed by atoms with Crippen LogP contribution in [0.5, 0.6) is 0 Å². The molecule has 0 saturated heterocycles. The Hall–Kier alpha value is -1.06. The third kappa shape index (κ3) is 3.92. The monoisotopic (exact) mass is 187 g/mol. The van der Waals surface area contributed by atoms with Gasteiger partial charge in [0.05, 0.1) is 7.11 Å². The van der Waals surface area contributed by atoms with Crippen LogP contribution < -0.4 is 0 Å². The molecule has 0 bridgehead atoms. The average molecular weight is 187 g/mol. The van der Waals surface area contributed by atoms with Gasteiger partial charge >= 0.3 is 11.9 Å². The minimum Gasteiger partial charge on any atom is -0.462 e. The van der Waals surface area contributed by atoms with Crippen molar-refractivity contribution >= 4 is 11.9 Å². The number of rotatable bonds is 3. The Kier molecular flexibility index (Phi) is 5.11. The lowest BCUT2D eigenvalue weighted by molar-refractivity contribution is -0.157. The molecule has 0 N–H and O–H groups in total. The van der Waals surface area contributed by atoms with Crippen LogP contribution in [0.1, 0.15) is 20.3 Å². The molecule has 0 aromatic heterocycles. The van der Waals surface area contributed by atoms with Crippen LogP contribution in [0.25, 0.3) is 0 Å². The van der Waals surface area contributed by atoms with E-state index in [1.54, 1.807) is 7.05 Å². The van der Waals surface area contributed by atoms with E-state index < -0.39 is 11.9 Å². The Labute approximate surface area is 78.9 Å². The summed E-state index contributed by atoms with van der Waals surface area (Å²) in [5.74, 6) is -0.979. The second kappa shape index (κ2) is 5.56. The van der Waals surface area contributed by atoms with Crippen LogP contribution in [0.15, 0.2) is 0 Å². The number of esters is 1. The molecule has 1 atom stereocenters. The molecule has 4 heteroatoms. The molecule has 76 valence electrons. The Bertz CT molecular complexity index is 191. The fourth-order valence-corrected chi connectivity index (χ4v) is 0.923. The predicted molar refractivity (Wildman–Crippen MR) is 49.1 cm³/mol. The molecular weight excluding hydrogens is 170 g/mol. The van der Waals surface area contributed by atoms with Crippen molar-refractivity contribution < 1.29 is 14.3 Å². The maximum absolute atomic E-state index is 11.2. The highest BCUT2D eigenvalue weighted by Crippen LogP contribution is 2.02. The number of nitrogens with zero attached hydrogens (tertiary/aromatic N) is 1. The van der Waals surface area contributed by atoms with Crippen molar-refractivity contribution in [1.29, 1.82) is 0 Å². The quantitative estimate of drug-likeness (QED) is 0.482. The van der Waals surface area contributed by atoms with E-state index >= 15 is 0 Å². The lowest BCUT2D eigenvalue weighted by Gasteiger charge is -2.19. The second-order valence-corrected chi connectivity index (χ2v) is 3.19. The van der Waals surface area contributed by atoms with Crippen LogP contribution in [-0.4, -0.2) is 37.5 Å². The molecule has 13 heavy (non-hydrogen) atoms. The minimum absolute atomic E-state index is 0.401. The van der Waals surface area contributed by atoms with Crippen LogP contribution in [0.3, 0.4) is 0 Å². The van der Waals surface area contributed by atoms with Gasteiger partial charge in [0.1, 0.15) is 0 Å². The van der Waals surface area contributed by atoms with Crippen LogP contribution in [0.2, 0.25) is 0 Å². The highest BCUT2D eigenvalue weighted by molar-refractivity contribution is 6.32. The van der Waals surface area contributed by atoms with Gasteiger partial charge in [0.25, 0.3) is 0 Å². The second-order valence-electron chi connectivity index (χ2n) is 3.19. The van der Waals surface area contributed by atoms with E-state index in [2.05, 4.69) is 4.74 Å². The van der Waals surface area contributed by atoms with Gasteiger partial charge in [-0.05, 0) is 5.92 Å². The van der Waals surface area contributed by atoms with E-state index in [4.69, 9.17) is 0 Å². The minimum atomic E-state index is -0.800. The number of methoxy groups -OCH3 is 1. The summed E-state index contributed by atoms with van der Waals surface area (Å²) in [6.07, 6.45) is 0.985. The molecule has 0 aromatic carbocycles. The van der Waals surface area contributed by atoms with Crippen LogP contribution >= 0.6 is 0 Å². The molecule has 1 amide bonds. The molecule has 0 heterocycles. The van der Waals surface area contributed by atoms with Gasteiger partial charge in [-0.3, -0.25) is 4.79 Å². The van der Waals surface area contributed by atoms with Crippen molar-refractivity contribution in [2.45, 2.75) is 20.3 Å². The molecule has 0 radical (unpaired) electrons. The third-order valence-corrected chi connectivity index (χ3v) is 1.99. The largest absolute Gasteiger partial charge is 0.462 e. The normalized spacial score (nSPS) is 12.0. The van der Waals surface area contributed by atoms with E-state index in [-0.39, 0.29) is 0 Å². The number of hydrogen-bond donors (Lipinski definition) is 0. The molecule has 0 aliphatic carbocycles. The summed E-state index contributed by atoms with van der Waals surface area (Å²) >= 11 is 0. The number of ether oxygens (including phenoxy) is 1. The first-order valence-electron chi connectivity index (χ1n) is 4.36. The summed E-state index contributed by atoms with van der Waals surface area (Å²) in [6.45, 7) is 4.66. The maximum Gasteiger partial charge on any atom is 0.396 e. The third-order valence-electron chi connectivity index (χ3n) is 1.99. The fraction of sp³-hybridized carbons (Fsp3) is 0.778. The van der Waals surface area contributed by atoms with Crippen LogP contribution in [-0.2, 0) is 14.3 Å². The molecule has 4 nitrogen and oxygen atoms in total. The van der Waals surface area contributed by atoms with Crippen molar-refractivity contribution in [3.05, 3.63) is 0 Å². The van der Waals surface area contributed by atoms with Crippen molar-refractivity contribution in [3.8, 4) is 0 Å². The summed E-state index contributed by atoms with van der Waals surface area (Å²) < 4.78 is 4.32. The van der Waals surface area contributed by atoms with Crippen molar-refractivity contribution in [2.24, 2.45) is 5.92 Å². The number of hydrogen-bond acceptors (Lipinski definition) is 3. The summed E-state index contributed by atoms with van der Waals surface area (Å²) in [7, 11) is 2.81. The van der Waals surface area contributed by atoms with E-state index in [1.165, 1.54) is 12.0 Å². The van der Waals surface area contributed by atoms with Gasteiger partial charge in [-0.2, -0.15) is 0 Å². The van der Waals surface area contributed by atoms with Crippen molar-refractivity contribution in [1.82, 2.24) is 4.90 Å². The van der Waals surface area contributed by atoms with E-state index in [1.807, 2.05) is 13.8 Å². The Morgan fingerprint density at radius 2 is 2.00 bits per heavy atom. The van der Waals surface area contributed by atoms with Gasteiger partial charge in [0, 0.05) is 13.6 Å². The number of amides is 1. The zero-order valence-corrected chi connectivity index (χ0v) is 8.66. The SMILES string of the molecule is CCC(C)CN(C)C(=O)C(=O)OC. The predicted octanol–water partition coefficient (Wildman–Crippen LogP) is 0.664. The molecule has 0 fully saturated rings. The lowest BCUT2D eigenvalue weighted by Crippen LogP contribution is -2.36. The molecule has 1 unspecified atom stereocenters. The number of likely N-dealkylation sites (N-methyl/N-ethyl adjacent to an activating group) is 1. The highest BCUT2D eigenvalue weighted by atomic mass is 16.5. The molecule has 0 aliphatic heterocycles. The lowest BCUT2D eigenvalue weighted by atomic mass is 10.1. The molecule has 0 spiro atoms. The maximum atomic E-state index is 11.2. The first-order valence-corrected chi connectivity index (χ1v) is 4.36. The number of carbonyl (C=O) groups is 2. The zero-order chi connectivity index (χ0) is 10.4. The van der Waals surface area contributed by atoms with E-state index in [0.717, 1.165) is 6.42 Å². The first-order chi connectivity index (χ1) is 6.02. The van der Waals surface area contributed by atoms with Gasteiger partial charge in [-0.1, -0.05) is 20.3 Å². The molecule has 0 aromatic rings. The highest BCUT2D eigenvalue weighted by Gasteiger charge is 2.19.